The third-order valence-electron chi connectivity index (χ3n) is 4.24. The minimum Gasteiger partial charge on any atom is -0.339 e. The second-order valence-corrected chi connectivity index (χ2v) is 6.29. The Hall–Kier alpha value is -2.95. The molecule has 0 spiro atoms. The van der Waals surface area contributed by atoms with Crippen molar-refractivity contribution in [2.75, 3.05) is 5.32 Å². The molecule has 0 saturated heterocycles. The summed E-state index contributed by atoms with van der Waals surface area (Å²) < 4.78 is 5.29. The van der Waals surface area contributed by atoms with Crippen molar-refractivity contribution in [3.63, 3.8) is 0 Å². The number of rotatable bonds is 7. The normalized spacial score (nSPS) is 10.7. The summed E-state index contributed by atoms with van der Waals surface area (Å²) in [7, 11) is 0. The number of nitrogens with one attached hydrogen (secondary N) is 1. The van der Waals surface area contributed by atoms with Crippen molar-refractivity contribution in [1.29, 1.82) is 0 Å². The molecule has 5 nitrogen and oxygen atoms in total. The summed E-state index contributed by atoms with van der Waals surface area (Å²) in [6, 6.07) is 15.9. The number of hydrogen-bond donors (Lipinski definition) is 1. The van der Waals surface area contributed by atoms with Crippen molar-refractivity contribution in [3.05, 3.63) is 65.5 Å². The molecule has 0 bridgehead atoms. The van der Waals surface area contributed by atoms with Crippen LogP contribution in [0.25, 0.3) is 11.4 Å². The van der Waals surface area contributed by atoms with Gasteiger partial charge in [0.25, 0.3) is 0 Å². The van der Waals surface area contributed by atoms with Crippen molar-refractivity contribution in [2.45, 2.75) is 39.5 Å². The number of aryl methyl sites for hydroxylation is 3. The van der Waals surface area contributed by atoms with Crippen molar-refractivity contribution in [1.82, 2.24) is 10.1 Å². The number of hydrogen-bond acceptors (Lipinski definition) is 4. The maximum atomic E-state index is 12.2. The maximum Gasteiger partial charge on any atom is 0.226 e. The molecule has 0 aliphatic carbocycles. The highest BCUT2D eigenvalue weighted by Gasteiger charge is 2.10. The van der Waals surface area contributed by atoms with Crippen LogP contribution in [0, 0.1) is 6.92 Å². The lowest BCUT2D eigenvalue weighted by molar-refractivity contribution is -0.116. The van der Waals surface area contributed by atoms with E-state index in [9.17, 15) is 4.79 Å². The van der Waals surface area contributed by atoms with Gasteiger partial charge in [0.05, 0.1) is 0 Å². The number of carbonyl (C=O) groups is 1. The van der Waals surface area contributed by atoms with Gasteiger partial charge in [0.1, 0.15) is 0 Å². The van der Waals surface area contributed by atoms with E-state index in [1.165, 1.54) is 5.56 Å². The fraction of sp³-hybridized carbons (Fsp3) is 0.286. The molecule has 0 aliphatic rings. The molecular formula is C21H23N3O2. The lowest BCUT2D eigenvalue weighted by Crippen LogP contribution is -2.12. The first-order valence-electron chi connectivity index (χ1n) is 8.93. The zero-order valence-electron chi connectivity index (χ0n) is 15.2. The van der Waals surface area contributed by atoms with Gasteiger partial charge >= 0.3 is 0 Å². The van der Waals surface area contributed by atoms with Gasteiger partial charge < -0.3 is 9.84 Å². The summed E-state index contributed by atoms with van der Waals surface area (Å²) in [5.41, 5.74) is 4.15. The molecule has 2 aromatic carbocycles. The Morgan fingerprint density at radius 3 is 2.65 bits per heavy atom. The highest BCUT2D eigenvalue weighted by atomic mass is 16.5. The van der Waals surface area contributed by atoms with Crippen molar-refractivity contribution < 1.29 is 9.32 Å². The van der Waals surface area contributed by atoms with Gasteiger partial charge in [0.2, 0.25) is 17.6 Å². The maximum absolute atomic E-state index is 12.2. The average Bonchev–Trinajstić information content (AvgIpc) is 3.11. The smallest absolute Gasteiger partial charge is 0.226 e. The second kappa shape index (κ2) is 8.43. The highest BCUT2D eigenvalue weighted by molar-refractivity contribution is 5.91. The SMILES string of the molecule is CCc1ccccc1NC(=O)CCCc1nc(-c2ccc(C)cc2)no1. The minimum absolute atomic E-state index is 0.00386. The molecule has 1 amide bonds. The predicted molar refractivity (Wildman–Crippen MR) is 102 cm³/mol. The van der Waals surface area contributed by atoms with Gasteiger partial charge in [-0.15, -0.1) is 0 Å². The van der Waals surface area contributed by atoms with Crippen LogP contribution in [0.15, 0.2) is 53.1 Å². The first kappa shape index (κ1) is 17.9. The zero-order chi connectivity index (χ0) is 18.4. The van der Waals surface area contributed by atoms with Gasteiger partial charge in [-0.25, -0.2) is 0 Å². The van der Waals surface area contributed by atoms with Crippen LogP contribution < -0.4 is 5.32 Å². The quantitative estimate of drug-likeness (QED) is 0.678. The first-order valence-corrected chi connectivity index (χ1v) is 8.93. The van der Waals surface area contributed by atoms with Crippen LogP contribution in [0.3, 0.4) is 0 Å². The van der Waals surface area contributed by atoms with E-state index >= 15 is 0 Å². The van der Waals surface area contributed by atoms with Crippen LogP contribution >= 0.6 is 0 Å². The fourth-order valence-electron chi connectivity index (χ4n) is 2.74. The molecule has 26 heavy (non-hydrogen) atoms. The van der Waals surface area contributed by atoms with E-state index in [0.717, 1.165) is 23.2 Å². The molecule has 0 fully saturated rings. The number of anilines is 1. The minimum atomic E-state index is 0.00386. The molecule has 3 aromatic rings. The summed E-state index contributed by atoms with van der Waals surface area (Å²) in [6.45, 7) is 4.11. The molecule has 0 aliphatic heterocycles. The third kappa shape index (κ3) is 4.57. The molecule has 0 saturated carbocycles. The van der Waals surface area contributed by atoms with Gasteiger partial charge in [-0.05, 0) is 31.4 Å². The van der Waals surface area contributed by atoms with Gasteiger partial charge in [0, 0.05) is 24.1 Å². The van der Waals surface area contributed by atoms with Crippen molar-refractivity contribution in [3.8, 4) is 11.4 Å². The molecule has 0 atom stereocenters. The average molecular weight is 349 g/mol. The Morgan fingerprint density at radius 1 is 1.12 bits per heavy atom. The zero-order valence-corrected chi connectivity index (χ0v) is 15.2. The number of carbonyl (C=O) groups excluding carboxylic acids is 1. The monoisotopic (exact) mass is 349 g/mol. The van der Waals surface area contributed by atoms with Crippen LogP contribution in [-0.4, -0.2) is 16.0 Å². The van der Waals surface area contributed by atoms with E-state index in [-0.39, 0.29) is 5.91 Å². The van der Waals surface area contributed by atoms with E-state index in [1.807, 2.05) is 55.5 Å². The highest BCUT2D eigenvalue weighted by Crippen LogP contribution is 2.18. The van der Waals surface area contributed by atoms with E-state index in [4.69, 9.17) is 4.52 Å². The fourth-order valence-corrected chi connectivity index (χ4v) is 2.74. The standard InChI is InChI=1S/C21H23N3O2/c1-3-16-7-4-5-8-18(16)22-19(25)9-6-10-20-23-21(24-26-20)17-13-11-15(2)12-14-17/h4-5,7-8,11-14H,3,6,9-10H2,1-2H3,(H,22,25). The summed E-state index contributed by atoms with van der Waals surface area (Å²) in [4.78, 5) is 16.6. The lowest BCUT2D eigenvalue weighted by atomic mass is 10.1. The Morgan fingerprint density at radius 2 is 1.88 bits per heavy atom. The Balaban J connectivity index is 1.50. The van der Waals surface area contributed by atoms with Crippen LogP contribution in [0.5, 0.6) is 0 Å². The van der Waals surface area contributed by atoms with E-state index in [1.54, 1.807) is 0 Å². The van der Waals surface area contributed by atoms with Crippen molar-refractivity contribution >= 4 is 11.6 Å². The predicted octanol–water partition coefficient (Wildman–Crippen LogP) is 4.57. The van der Waals surface area contributed by atoms with Crippen LogP contribution in [0.2, 0.25) is 0 Å². The third-order valence-corrected chi connectivity index (χ3v) is 4.24. The van der Waals surface area contributed by atoms with Gasteiger partial charge in [-0.2, -0.15) is 4.98 Å². The van der Waals surface area contributed by atoms with Crippen LogP contribution in [0.4, 0.5) is 5.69 Å². The molecule has 1 heterocycles. The molecule has 0 unspecified atom stereocenters. The Labute approximate surface area is 153 Å². The summed E-state index contributed by atoms with van der Waals surface area (Å²) >= 11 is 0. The lowest BCUT2D eigenvalue weighted by Gasteiger charge is -2.09. The van der Waals surface area contributed by atoms with Gasteiger partial charge in [0.15, 0.2) is 0 Å². The summed E-state index contributed by atoms with van der Waals surface area (Å²) in [5, 5.41) is 7.00. The van der Waals surface area contributed by atoms with Crippen molar-refractivity contribution in [2.24, 2.45) is 0 Å². The van der Waals surface area contributed by atoms with E-state index in [0.29, 0.717) is 31.0 Å². The second-order valence-electron chi connectivity index (χ2n) is 6.29. The first-order chi connectivity index (χ1) is 12.7. The number of aromatic nitrogens is 2. The topological polar surface area (TPSA) is 68.0 Å². The number of amides is 1. The van der Waals surface area contributed by atoms with Crippen LogP contribution in [-0.2, 0) is 17.6 Å². The number of benzene rings is 2. The molecule has 1 aromatic heterocycles. The molecule has 1 N–H and O–H groups in total. The van der Waals surface area contributed by atoms with Crippen LogP contribution in [0.1, 0.15) is 36.8 Å². The summed E-state index contributed by atoms with van der Waals surface area (Å²) in [5.74, 6) is 1.15. The number of nitrogens with zero attached hydrogens (tertiary/aromatic N) is 2. The molecule has 5 heteroatoms. The van der Waals surface area contributed by atoms with Gasteiger partial charge in [-0.1, -0.05) is 60.1 Å². The van der Waals surface area contributed by atoms with E-state index in [2.05, 4.69) is 22.4 Å². The molecule has 0 radical (unpaired) electrons. The molecule has 3 rings (SSSR count). The van der Waals surface area contributed by atoms with E-state index < -0.39 is 0 Å². The molecular weight excluding hydrogens is 326 g/mol. The molecule has 134 valence electrons. The largest absolute Gasteiger partial charge is 0.339 e. The Kier molecular flexibility index (Phi) is 5.79. The summed E-state index contributed by atoms with van der Waals surface area (Å²) in [6.07, 6.45) is 2.55. The van der Waals surface area contributed by atoms with Gasteiger partial charge in [-0.3, -0.25) is 4.79 Å². The Bertz CT molecular complexity index is 869. The number of para-hydroxylation sites is 1.